The number of nitrogens with one attached hydrogen (secondary N) is 1. The molecule has 3 heteroatoms. The van der Waals surface area contributed by atoms with Crippen molar-refractivity contribution in [2.24, 2.45) is 0 Å². The van der Waals surface area contributed by atoms with E-state index in [4.69, 9.17) is 0 Å². The van der Waals surface area contributed by atoms with Crippen molar-refractivity contribution in [2.75, 3.05) is 18.0 Å². The van der Waals surface area contributed by atoms with Crippen molar-refractivity contribution in [3.63, 3.8) is 0 Å². The van der Waals surface area contributed by atoms with Crippen molar-refractivity contribution in [1.82, 2.24) is 5.32 Å². The third kappa shape index (κ3) is 3.73. The van der Waals surface area contributed by atoms with Crippen LogP contribution in [-0.4, -0.2) is 19.1 Å². The Morgan fingerprint density at radius 1 is 1.37 bits per heavy atom. The number of benzene rings is 1. The monoisotopic (exact) mass is 324 g/mol. The lowest BCUT2D eigenvalue weighted by molar-refractivity contribution is 0.644. The molecule has 2 rings (SSSR count). The minimum atomic E-state index is 0.723. The van der Waals surface area contributed by atoms with Crippen molar-refractivity contribution in [2.45, 2.75) is 52.1 Å². The first-order valence-electron chi connectivity index (χ1n) is 7.52. The van der Waals surface area contributed by atoms with E-state index in [-0.39, 0.29) is 0 Å². The Balaban J connectivity index is 2.06. The maximum Gasteiger partial charge on any atom is 0.0513 e. The van der Waals surface area contributed by atoms with Gasteiger partial charge in [0.2, 0.25) is 0 Å². The van der Waals surface area contributed by atoms with Crippen LogP contribution < -0.4 is 10.2 Å². The maximum atomic E-state index is 3.75. The molecule has 0 spiro atoms. The van der Waals surface area contributed by atoms with Crippen molar-refractivity contribution in [3.8, 4) is 0 Å². The molecular weight excluding hydrogens is 300 g/mol. The predicted octanol–water partition coefficient (Wildman–Crippen LogP) is 4.33. The SMILES string of the molecule is CCCNCc1ccc(N2CCCC2CC)c(Br)c1. The molecule has 1 N–H and O–H groups in total. The Morgan fingerprint density at radius 3 is 2.89 bits per heavy atom. The Bertz CT molecular complexity index is 406. The molecule has 19 heavy (non-hydrogen) atoms. The molecule has 0 saturated carbocycles. The van der Waals surface area contributed by atoms with E-state index in [0.717, 1.165) is 19.1 Å². The molecule has 1 aliphatic rings. The minimum Gasteiger partial charge on any atom is -0.368 e. The molecule has 1 aromatic carbocycles. The first kappa shape index (κ1) is 14.9. The molecule has 1 unspecified atom stereocenters. The fraction of sp³-hybridized carbons (Fsp3) is 0.625. The van der Waals surface area contributed by atoms with Crippen LogP contribution in [0.3, 0.4) is 0 Å². The molecule has 1 aromatic rings. The van der Waals surface area contributed by atoms with Crippen LogP contribution in [0.4, 0.5) is 5.69 Å². The summed E-state index contributed by atoms with van der Waals surface area (Å²) in [5, 5.41) is 3.45. The summed E-state index contributed by atoms with van der Waals surface area (Å²) in [6, 6.07) is 7.53. The van der Waals surface area contributed by atoms with Gasteiger partial charge in [0, 0.05) is 23.6 Å². The summed E-state index contributed by atoms with van der Waals surface area (Å²) in [6.07, 6.45) is 5.09. The molecule has 1 heterocycles. The van der Waals surface area contributed by atoms with Gasteiger partial charge >= 0.3 is 0 Å². The molecule has 0 aliphatic carbocycles. The normalized spacial score (nSPS) is 19.1. The van der Waals surface area contributed by atoms with Crippen LogP contribution in [0, 0.1) is 0 Å². The van der Waals surface area contributed by atoms with Gasteiger partial charge in [-0.25, -0.2) is 0 Å². The fourth-order valence-electron chi connectivity index (χ4n) is 2.88. The van der Waals surface area contributed by atoms with Gasteiger partial charge in [0.15, 0.2) is 0 Å². The van der Waals surface area contributed by atoms with E-state index < -0.39 is 0 Å². The van der Waals surface area contributed by atoms with Gasteiger partial charge < -0.3 is 10.2 Å². The van der Waals surface area contributed by atoms with Gasteiger partial charge in [0.05, 0.1) is 5.69 Å². The van der Waals surface area contributed by atoms with Crippen molar-refractivity contribution in [1.29, 1.82) is 0 Å². The lowest BCUT2D eigenvalue weighted by atomic mass is 10.1. The molecule has 2 nitrogen and oxygen atoms in total. The van der Waals surface area contributed by atoms with Crippen molar-refractivity contribution in [3.05, 3.63) is 28.2 Å². The predicted molar refractivity (Wildman–Crippen MR) is 86.8 cm³/mol. The van der Waals surface area contributed by atoms with Crippen LogP contribution in [0.2, 0.25) is 0 Å². The van der Waals surface area contributed by atoms with E-state index in [1.165, 1.54) is 48.0 Å². The second kappa shape index (κ2) is 7.30. The average molecular weight is 325 g/mol. The van der Waals surface area contributed by atoms with E-state index in [1.807, 2.05) is 0 Å². The lowest BCUT2D eigenvalue weighted by Crippen LogP contribution is -2.28. The number of nitrogens with zero attached hydrogens (tertiary/aromatic N) is 1. The molecule has 1 fully saturated rings. The minimum absolute atomic E-state index is 0.723. The number of anilines is 1. The van der Waals surface area contributed by atoms with Gasteiger partial charge in [-0.2, -0.15) is 0 Å². The summed E-state index contributed by atoms with van der Waals surface area (Å²) in [7, 11) is 0. The summed E-state index contributed by atoms with van der Waals surface area (Å²) in [5.74, 6) is 0. The summed E-state index contributed by atoms with van der Waals surface area (Å²) in [4.78, 5) is 2.56. The molecule has 0 bridgehead atoms. The van der Waals surface area contributed by atoms with Gasteiger partial charge in [-0.3, -0.25) is 0 Å². The highest BCUT2D eigenvalue weighted by Crippen LogP contribution is 2.33. The molecule has 1 atom stereocenters. The van der Waals surface area contributed by atoms with Crippen LogP contribution in [0.25, 0.3) is 0 Å². The van der Waals surface area contributed by atoms with E-state index >= 15 is 0 Å². The van der Waals surface area contributed by atoms with Crippen LogP contribution in [0.5, 0.6) is 0 Å². The number of rotatable bonds is 6. The van der Waals surface area contributed by atoms with E-state index in [0.29, 0.717) is 0 Å². The van der Waals surface area contributed by atoms with E-state index in [2.05, 4.69) is 58.2 Å². The van der Waals surface area contributed by atoms with Crippen LogP contribution in [0.15, 0.2) is 22.7 Å². The first-order valence-corrected chi connectivity index (χ1v) is 8.31. The smallest absolute Gasteiger partial charge is 0.0513 e. The third-order valence-electron chi connectivity index (χ3n) is 3.93. The summed E-state index contributed by atoms with van der Waals surface area (Å²) in [6.45, 7) is 7.74. The van der Waals surface area contributed by atoms with Gasteiger partial charge in [-0.05, 0) is 65.9 Å². The lowest BCUT2D eigenvalue weighted by Gasteiger charge is -2.27. The molecule has 0 aromatic heterocycles. The highest BCUT2D eigenvalue weighted by Gasteiger charge is 2.24. The van der Waals surface area contributed by atoms with Gasteiger partial charge in [0.1, 0.15) is 0 Å². The molecule has 0 radical (unpaired) electrons. The number of halogens is 1. The second-order valence-corrected chi connectivity index (χ2v) is 6.21. The molecule has 1 saturated heterocycles. The quantitative estimate of drug-likeness (QED) is 0.783. The van der Waals surface area contributed by atoms with Gasteiger partial charge in [-0.15, -0.1) is 0 Å². The maximum absolute atomic E-state index is 3.75. The number of hydrogen-bond acceptors (Lipinski definition) is 2. The molecule has 106 valence electrons. The highest BCUT2D eigenvalue weighted by atomic mass is 79.9. The molecule has 0 amide bonds. The fourth-order valence-corrected chi connectivity index (χ4v) is 3.53. The zero-order valence-corrected chi connectivity index (χ0v) is 13.7. The Morgan fingerprint density at radius 2 is 2.21 bits per heavy atom. The Hall–Kier alpha value is -0.540. The third-order valence-corrected chi connectivity index (χ3v) is 4.56. The Kier molecular flexibility index (Phi) is 5.71. The summed E-state index contributed by atoms with van der Waals surface area (Å²) >= 11 is 3.75. The first-order chi connectivity index (χ1) is 9.26. The standard InChI is InChI=1S/C16H25BrN2/c1-3-9-18-12-13-7-8-16(15(17)11-13)19-10-5-6-14(19)4-2/h7-8,11,14,18H,3-6,9-10,12H2,1-2H3. The largest absolute Gasteiger partial charge is 0.368 e. The Labute approximate surface area is 125 Å². The van der Waals surface area contributed by atoms with E-state index in [9.17, 15) is 0 Å². The van der Waals surface area contributed by atoms with Gasteiger partial charge in [-0.1, -0.05) is 19.9 Å². The summed E-state index contributed by atoms with van der Waals surface area (Å²) < 4.78 is 1.24. The zero-order valence-electron chi connectivity index (χ0n) is 12.1. The van der Waals surface area contributed by atoms with Crippen molar-refractivity contribution < 1.29 is 0 Å². The van der Waals surface area contributed by atoms with Crippen LogP contribution in [0.1, 0.15) is 45.1 Å². The van der Waals surface area contributed by atoms with Gasteiger partial charge in [0.25, 0.3) is 0 Å². The molecule has 1 aliphatic heterocycles. The summed E-state index contributed by atoms with van der Waals surface area (Å²) in [5.41, 5.74) is 2.72. The average Bonchev–Trinajstić information content (AvgIpc) is 2.87. The van der Waals surface area contributed by atoms with Crippen molar-refractivity contribution >= 4 is 21.6 Å². The van der Waals surface area contributed by atoms with E-state index in [1.54, 1.807) is 0 Å². The molecular formula is C16H25BrN2. The zero-order chi connectivity index (χ0) is 13.7. The topological polar surface area (TPSA) is 15.3 Å². The highest BCUT2D eigenvalue weighted by molar-refractivity contribution is 9.10. The number of hydrogen-bond donors (Lipinski definition) is 1. The van der Waals surface area contributed by atoms with Crippen LogP contribution in [-0.2, 0) is 6.54 Å². The second-order valence-electron chi connectivity index (χ2n) is 5.36. The van der Waals surface area contributed by atoms with Crippen LogP contribution >= 0.6 is 15.9 Å².